The Kier molecular flexibility index (Phi) is 7.06. The summed E-state index contributed by atoms with van der Waals surface area (Å²) in [6, 6.07) is 7.84. The Labute approximate surface area is 166 Å². The van der Waals surface area contributed by atoms with Gasteiger partial charge in [0.15, 0.2) is 5.82 Å². The Morgan fingerprint density at radius 3 is 2.71 bits per heavy atom. The number of hydrogen-bond donors (Lipinski definition) is 1. The zero-order valence-electron chi connectivity index (χ0n) is 16.6. The molecule has 1 saturated heterocycles. The molecule has 0 saturated carbocycles. The van der Waals surface area contributed by atoms with Crippen LogP contribution in [0.1, 0.15) is 24.8 Å². The maximum Gasteiger partial charge on any atom is 0.257 e. The Balaban J connectivity index is 1.45. The van der Waals surface area contributed by atoms with Gasteiger partial charge in [0, 0.05) is 38.4 Å². The summed E-state index contributed by atoms with van der Waals surface area (Å²) in [5.74, 6) is 2.64. The summed E-state index contributed by atoms with van der Waals surface area (Å²) in [5, 5.41) is 3.09. The highest BCUT2D eigenvalue weighted by atomic mass is 16.5. The minimum absolute atomic E-state index is 0.0880. The second kappa shape index (κ2) is 9.92. The van der Waals surface area contributed by atoms with Gasteiger partial charge in [-0.1, -0.05) is 12.1 Å². The third kappa shape index (κ3) is 5.34. The van der Waals surface area contributed by atoms with Crippen LogP contribution in [-0.2, 0) is 11.2 Å². The standard InChI is InChI=1S/C21H28N4O3/c1-27-18-8-5-16(6-9-18)7-10-19(26)24-14-17-4-3-13-25(15-17)20-21(28-2)23-12-11-22-20/h5-6,8-9,11-12,17H,3-4,7,10,13-15H2,1-2H3,(H,24,26). The van der Waals surface area contributed by atoms with Gasteiger partial charge in [0.25, 0.3) is 5.88 Å². The van der Waals surface area contributed by atoms with Gasteiger partial charge in [-0.15, -0.1) is 0 Å². The number of nitrogens with zero attached hydrogens (tertiary/aromatic N) is 3. The van der Waals surface area contributed by atoms with Crippen molar-refractivity contribution < 1.29 is 14.3 Å². The fourth-order valence-electron chi connectivity index (χ4n) is 3.50. The number of aryl methyl sites for hydroxylation is 1. The van der Waals surface area contributed by atoms with E-state index in [2.05, 4.69) is 20.2 Å². The van der Waals surface area contributed by atoms with Crippen molar-refractivity contribution in [2.75, 3.05) is 38.8 Å². The highest BCUT2D eigenvalue weighted by Gasteiger charge is 2.24. The van der Waals surface area contributed by atoms with Crippen LogP contribution in [0.15, 0.2) is 36.7 Å². The van der Waals surface area contributed by atoms with Crippen molar-refractivity contribution in [1.82, 2.24) is 15.3 Å². The molecule has 1 amide bonds. The van der Waals surface area contributed by atoms with Gasteiger partial charge in [-0.05, 0) is 42.9 Å². The van der Waals surface area contributed by atoms with E-state index < -0.39 is 0 Å². The normalized spacial score (nSPS) is 16.5. The summed E-state index contributed by atoms with van der Waals surface area (Å²) >= 11 is 0. The van der Waals surface area contributed by atoms with Crippen molar-refractivity contribution in [3.05, 3.63) is 42.2 Å². The first-order valence-electron chi connectivity index (χ1n) is 9.69. The summed E-state index contributed by atoms with van der Waals surface area (Å²) in [4.78, 5) is 23.1. The van der Waals surface area contributed by atoms with Crippen LogP contribution in [0.3, 0.4) is 0 Å². The van der Waals surface area contributed by atoms with Crippen LogP contribution >= 0.6 is 0 Å². The van der Waals surface area contributed by atoms with Crippen LogP contribution in [0.4, 0.5) is 5.82 Å². The first kappa shape index (κ1) is 19.9. The predicted octanol–water partition coefficient (Wildman–Crippen LogP) is 2.46. The fourth-order valence-corrected chi connectivity index (χ4v) is 3.50. The van der Waals surface area contributed by atoms with Gasteiger partial charge >= 0.3 is 0 Å². The number of amides is 1. The maximum absolute atomic E-state index is 12.2. The topological polar surface area (TPSA) is 76.6 Å². The second-order valence-corrected chi connectivity index (χ2v) is 7.00. The molecule has 1 fully saturated rings. The van der Waals surface area contributed by atoms with Crippen molar-refractivity contribution in [3.8, 4) is 11.6 Å². The van der Waals surface area contributed by atoms with Gasteiger partial charge in [0.1, 0.15) is 5.75 Å². The van der Waals surface area contributed by atoms with Gasteiger partial charge in [-0.2, -0.15) is 0 Å². The molecule has 1 N–H and O–H groups in total. The molecule has 1 atom stereocenters. The highest BCUT2D eigenvalue weighted by molar-refractivity contribution is 5.76. The Morgan fingerprint density at radius 2 is 1.96 bits per heavy atom. The van der Waals surface area contributed by atoms with Gasteiger partial charge in [0.2, 0.25) is 5.91 Å². The van der Waals surface area contributed by atoms with Crippen LogP contribution in [0, 0.1) is 5.92 Å². The smallest absolute Gasteiger partial charge is 0.257 e. The lowest BCUT2D eigenvalue weighted by molar-refractivity contribution is -0.121. The molecular formula is C21H28N4O3. The van der Waals surface area contributed by atoms with E-state index in [1.54, 1.807) is 26.6 Å². The van der Waals surface area contributed by atoms with Gasteiger partial charge in [0.05, 0.1) is 14.2 Å². The fraction of sp³-hybridized carbons (Fsp3) is 0.476. The number of anilines is 1. The molecule has 1 aromatic heterocycles. The molecule has 3 rings (SSSR count). The summed E-state index contributed by atoms with van der Waals surface area (Å²) < 4.78 is 10.5. The maximum atomic E-state index is 12.2. The van der Waals surface area contributed by atoms with E-state index in [4.69, 9.17) is 9.47 Å². The molecule has 7 heteroatoms. The molecule has 7 nitrogen and oxygen atoms in total. The number of rotatable bonds is 8. The number of piperidine rings is 1. The number of benzene rings is 1. The molecule has 2 aromatic rings. The van der Waals surface area contributed by atoms with Crippen molar-refractivity contribution in [3.63, 3.8) is 0 Å². The van der Waals surface area contributed by atoms with Gasteiger partial charge < -0.3 is 19.7 Å². The highest BCUT2D eigenvalue weighted by Crippen LogP contribution is 2.27. The zero-order valence-corrected chi connectivity index (χ0v) is 16.6. The number of nitrogens with one attached hydrogen (secondary N) is 1. The first-order chi connectivity index (χ1) is 13.7. The van der Waals surface area contributed by atoms with Gasteiger partial charge in [-0.25, -0.2) is 9.97 Å². The molecule has 1 aliphatic heterocycles. The Hall–Kier alpha value is -2.83. The molecular weight excluding hydrogens is 356 g/mol. The van der Waals surface area contributed by atoms with Crippen molar-refractivity contribution >= 4 is 11.7 Å². The molecule has 1 aliphatic rings. The molecule has 1 aromatic carbocycles. The third-order valence-corrected chi connectivity index (χ3v) is 5.05. The van der Waals surface area contributed by atoms with E-state index in [0.717, 1.165) is 49.5 Å². The molecule has 0 radical (unpaired) electrons. The van der Waals surface area contributed by atoms with E-state index in [1.165, 1.54) is 0 Å². The Bertz CT molecular complexity index is 767. The van der Waals surface area contributed by atoms with E-state index in [1.807, 2.05) is 24.3 Å². The molecule has 28 heavy (non-hydrogen) atoms. The van der Waals surface area contributed by atoms with E-state index in [9.17, 15) is 4.79 Å². The van der Waals surface area contributed by atoms with Gasteiger partial charge in [-0.3, -0.25) is 4.79 Å². The molecule has 0 aliphatic carbocycles. The van der Waals surface area contributed by atoms with Crippen molar-refractivity contribution in [2.45, 2.75) is 25.7 Å². The Morgan fingerprint density at radius 1 is 1.18 bits per heavy atom. The summed E-state index contributed by atoms with van der Waals surface area (Å²) in [5.41, 5.74) is 1.13. The largest absolute Gasteiger partial charge is 0.497 e. The van der Waals surface area contributed by atoms with Crippen LogP contribution in [0.25, 0.3) is 0 Å². The molecule has 150 valence electrons. The summed E-state index contributed by atoms with van der Waals surface area (Å²) in [6.45, 7) is 2.45. The van der Waals surface area contributed by atoms with Crippen LogP contribution in [0.5, 0.6) is 11.6 Å². The number of aromatic nitrogens is 2. The SMILES string of the molecule is COc1ccc(CCC(=O)NCC2CCCN(c3nccnc3OC)C2)cc1. The monoisotopic (exact) mass is 384 g/mol. The predicted molar refractivity (Wildman–Crippen MR) is 108 cm³/mol. The summed E-state index contributed by atoms with van der Waals surface area (Å²) in [7, 11) is 3.26. The lowest BCUT2D eigenvalue weighted by Crippen LogP contribution is -2.41. The van der Waals surface area contributed by atoms with Crippen LogP contribution < -0.4 is 19.7 Å². The number of carbonyl (C=O) groups excluding carboxylic acids is 1. The zero-order chi connectivity index (χ0) is 19.8. The van der Waals surface area contributed by atoms with Crippen LogP contribution in [-0.4, -0.2) is 49.7 Å². The first-order valence-corrected chi connectivity index (χ1v) is 9.69. The average Bonchev–Trinajstić information content (AvgIpc) is 2.76. The number of carbonyl (C=O) groups is 1. The van der Waals surface area contributed by atoms with E-state index >= 15 is 0 Å². The minimum atomic E-state index is 0.0880. The number of methoxy groups -OCH3 is 2. The lowest BCUT2D eigenvalue weighted by Gasteiger charge is -2.33. The van der Waals surface area contributed by atoms with E-state index in [-0.39, 0.29) is 5.91 Å². The lowest BCUT2D eigenvalue weighted by atomic mass is 9.98. The number of ether oxygens (including phenoxy) is 2. The number of hydrogen-bond acceptors (Lipinski definition) is 6. The average molecular weight is 384 g/mol. The van der Waals surface area contributed by atoms with E-state index in [0.29, 0.717) is 24.8 Å². The quantitative estimate of drug-likeness (QED) is 0.753. The molecule has 1 unspecified atom stereocenters. The molecule has 0 spiro atoms. The molecule has 0 bridgehead atoms. The second-order valence-electron chi connectivity index (χ2n) is 7.00. The van der Waals surface area contributed by atoms with Crippen LogP contribution in [0.2, 0.25) is 0 Å². The summed E-state index contributed by atoms with van der Waals surface area (Å²) in [6.07, 6.45) is 6.68. The van der Waals surface area contributed by atoms with Crippen molar-refractivity contribution in [2.24, 2.45) is 5.92 Å². The minimum Gasteiger partial charge on any atom is -0.497 e. The molecule has 2 heterocycles. The van der Waals surface area contributed by atoms with Crippen molar-refractivity contribution in [1.29, 1.82) is 0 Å². The third-order valence-electron chi connectivity index (χ3n) is 5.05.